The molecule has 0 amide bonds. The fourth-order valence-electron chi connectivity index (χ4n) is 0.844. The van der Waals surface area contributed by atoms with E-state index < -0.39 is 12.1 Å². The summed E-state index contributed by atoms with van der Waals surface area (Å²) >= 11 is 1.54. The van der Waals surface area contributed by atoms with Gasteiger partial charge < -0.3 is 9.47 Å². The van der Waals surface area contributed by atoms with Crippen molar-refractivity contribution in [1.29, 1.82) is 5.26 Å². The number of rotatable bonds is 8. The van der Waals surface area contributed by atoms with E-state index in [-0.39, 0.29) is 13.2 Å². The van der Waals surface area contributed by atoms with Crippen molar-refractivity contribution in [1.82, 2.24) is 0 Å². The van der Waals surface area contributed by atoms with E-state index in [1.54, 1.807) is 0 Å². The number of thioether (sulfide) groups is 1. The summed E-state index contributed by atoms with van der Waals surface area (Å²) in [5, 5.41) is 8.34. The standard InChI is InChI=1S/C9H12N2O4S/c1-16-5-2-8(15-6-10)9(13)14-4-3-11-7-12/h8H,2-5H2,1H3. The molecule has 1 atom stereocenters. The minimum absolute atomic E-state index is 0.0152. The van der Waals surface area contributed by atoms with E-state index in [9.17, 15) is 9.59 Å². The second-order valence-electron chi connectivity index (χ2n) is 2.62. The van der Waals surface area contributed by atoms with Gasteiger partial charge in [0.25, 0.3) is 6.26 Å². The molecule has 0 rings (SSSR count). The molecule has 0 aromatic rings. The topological polar surface area (TPSA) is 88.8 Å². The molecule has 0 spiro atoms. The van der Waals surface area contributed by atoms with Crippen molar-refractivity contribution in [2.24, 2.45) is 4.99 Å². The lowest BCUT2D eigenvalue weighted by Crippen LogP contribution is -2.26. The predicted molar refractivity (Wildman–Crippen MR) is 57.4 cm³/mol. The van der Waals surface area contributed by atoms with Crippen molar-refractivity contribution in [3.05, 3.63) is 0 Å². The number of carbonyl (C=O) groups excluding carboxylic acids is 2. The zero-order valence-corrected chi connectivity index (χ0v) is 9.66. The van der Waals surface area contributed by atoms with Crippen LogP contribution in [-0.4, -0.2) is 43.3 Å². The molecule has 0 aromatic carbocycles. The van der Waals surface area contributed by atoms with Crippen LogP contribution in [0.2, 0.25) is 0 Å². The molecular formula is C9H12N2O4S. The third kappa shape index (κ3) is 6.87. The summed E-state index contributed by atoms with van der Waals surface area (Å²) in [6, 6.07) is 0. The number of isocyanates is 1. The molecule has 0 aliphatic carbocycles. The number of esters is 1. The monoisotopic (exact) mass is 244 g/mol. The fraction of sp³-hybridized carbons (Fsp3) is 0.667. The van der Waals surface area contributed by atoms with Crippen LogP contribution in [0.3, 0.4) is 0 Å². The second-order valence-corrected chi connectivity index (χ2v) is 3.61. The van der Waals surface area contributed by atoms with Crippen LogP contribution in [0, 0.1) is 11.5 Å². The van der Waals surface area contributed by atoms with Gasteiger partial charge in [0.2, 0.25) is 12.2 Å². The summed E-state index contributed by atoms with van der Waals surface area (Å²) in [5.74, 6) is 0.0743. The van der Waals surface area contributed by atoms with E-state index in [0.29, 0.717) is 12.2 Å². The van der Waals surface area contributed by atoms with Crippen molar-refractivity contribution in [3.8, 4) is 6.26 Å². The number of carbonyl (C=O) groups is 1. The molecule has 0 fully saturated rings. The maximum Gasteiger partial charge on any atom is 0.348 e. The van der Waals surface area contributed by atoms with Gasteiger partial charge in [0.1, 0.15) is 6.61 Å². The molecule has 0 aliphatic heterocycles. The van der Waals surface area contributed by atoms with E-state index in [0.717, 1.165) is 0 Å². The van der Waals surface area contributed by atoms with Crippen LogP contribution >= 0.6 is 11.8 Å². The van der Waals surface area contributed by atoms with Gasteiger partial charge in [0, 0.05) is 6.42 Å². The van der Waals surface area contributed by atoms with Gasteiger partial charge in [-0.2, -0.15) is 17.0 Å². The van der Waals surface area contributed by atoms with Gasteiger partial charge >= 0.3 is 5.97 Å². The lowest BCUT2D eigenvalue weighted by molar-refractivity contribution is -0.153. The van der Waals surface area contributed by atoms with E-state index in [1.165, 1.54) is 24.1 Å². The molecule has 0 saturated carbocycles. The minimum atomic E-state index is -0.877. The molecule has 0 saturated heterocycles. The molecule has 1 unspecified atom stereocenters. The molecule has 0 heterocycles. The zero-order chi connectivity index (χ0) is 12.2. The van der Waals surface area contributed by atoms with Gasteiger partial charge in [-0.25, -0.2) is 14.6 Å². The highest BCUT2D eigenvalue weighted by molar-refractivity contribution is 7.98. The smallest absolute Gasteiger partial charge is 0.348 e. The third-order valence-electron chi connectivity index (χ3n) is 1.55. The molecular weight excluding hydrogens is 232 g/mol. The maximum absolute atomic E-state index is 11.4. The van der Waals surface area contributed by atoms with Gasteiger partial charge in [0.15, 0.2) is 0 Å². The number of aliphatic imine (C=N–C) groups is 1. The summed E-state index contributed by atoms with van der Waals surface area (Å²) < 4.78 is 9.33. The van der Waals surface area contributed by atoms with Gasteiger partial charge in [0.05, 0.1) is 6.54 Å². The summed E-state index contributed by atoms with van der Waals surface area (Å²) in [4.78, 5) is 24.3. The van der Waals surface area contributed by atoms with Gasteiger partial charge in [-0.05, 0) is 12.0 Å². The largest absolute Gasteiger partial charge is 0.461 e. The van der Waals surface area contributed by atoms with E-state index in [2.05, 4.69) is 9.73 Å². The molecule has 88 valence electrons. The Morgan fingerprint density at radius 1 is 1.62 bits per heavy atom. The molecule has 0 bridgehead atoms. The molecule has 7 heteroatoms. The Morgan fingerprint density at radius 3 is 2.94 bits per heavy atom. The first-order chi connectivity index (χ1) is 7.76. The molecule has 0 N–H and O–H groups in total. The number of nitriles is 1. The maximum atomic E-state index is 11.4. The highest BCUT2D eigenvalue weighted by Crippen LogP contribution is 2.06. The van der Waals surface area contributed by atoms with Crippen LogP contribution in [-0.2, 0) is 19.1 Å². The normalized spacial score (nSPS) is 10.8. The van der Waals surface area contributed by atoms with Crippen LogP contribution in [0.15, 0.2) is 4.99 Å². The Kier molecular flexibility index (Phi) is 9.08. The van der Waals surface area contributed by atoms with Crippen LogP contribution in [0.5, 0.6) is 0 Å². The van der Waals surface area contributed by atoms with Crippen molar-refractivity contribution in [2.75, 3.05) is 25.2 Å². The number of nitrogens with zero attached hydrogens (tertiary/aromatic N) is 2. The minimum Gasteiger partial charge on any atom is -0.461 e. The Morgan fingerprint density at radius 2 is 2.38 bits per heavy atom. The average Bonchev–Trinajstić information content (AvgIpc) is 2.29. The van der Waals surface area contributed by atoms with E-state index in [1.807, 2.05) is 6.26 Å². The van der Waals surface area contributed by atoms with Gasteiger partial charge in [-0.1, -0.05) is 0 Å². The predicted octanol–water partition coefficient (Wildman–Crippen LogP) is 0.485. The first-order valence-corrected chi connectivity index (χ1v) is 5.89. The van der Waals surface area contributed by atoms with Crippen molar-refractivity contribution < 1.29 is 19.1 Å². The highest BCUT2D eigenvalue weighted by Gasteiger charge is 2.21. The third-order valence-corrected chi connectivity index (χ3v) is 2.20. The Labute approximate surface area is 97.6 Å². The quantitative estimate of drug-likeness (QED) is 0.203. The summed E-state index contributed by atoms with van der Waals surface area (Å²) in [6.45, 7) is 0.0513. The Bertz CT molecular complexity index is 296. The fourth-order valence-corrected chi connectivity index (χ4v) is 1.29. The molecule has 0 aliphatic rings. The summed E-state index contributed by atoms with van der Waals surface area (Å²) in [6.07, 6.45) is 4.20. The molecule has 16 heavy (non-hydrogen) atoms. The SMILES string of the molecule is CSCCC(OC#N)C(=O)OCCN=C=O. The molecule has 6 nitrogen and oxygen atoms in total. The lowest BCUT2D eigenvalue weighted by Gasteiger charge is -2.11. The summed E-state index contributed by atoms with van der Waals surface area (Å²) in [7, 11) is 0. The van der Waals surface area contributed by atoms with Crippen LogP contribution in [0.25, 0.3) is 0 Å². The Hall–Kier alpha value is -1.51. The number of hydrogen-bond acceptors (Lipinski definition) is 7. The molecule has 0 aromatic heterocycles. The van der Waals surface area contributed by atoms with Crippen LogP contribution < -0.4 is 0 Å². The van der Waals surface area contributed by atoms with Crippen molar-refractivity contribution in [3.63, 3.8) is 0 Å². The van der Waals surface area contributed by atoms with Gasteiger partial charge in [-0.3, -0.25) is 0 Å². The van der Waals surface area contributed by atoms with Crippen LogP contribution in [0.1, 0.15) is 6.42 Å². The highest BCUT2D eigenvalue weighted by atomic mass is 32.2. The van der Waals surface area contributed by atoms with Crippen LogP contribution in [0.4, 0.5) is 0 Å². The van der Waals surface area contributed by atoms with Crippen molar-refractivity contribution >= 4 is 23.8 Å². The summed E-state index contributed by atoms with van der Waals surface area (Å²) in [5.41, 5.74) is 0. The van der Waals surface area contributed by atoms with Crippen molar-refractivity contribution in [2.45, 2.75) is 12.5 Å². The zero-order valence-electron chi connectivity index (χ0n) is 8.84. The Balaban J connectivity index is 3.96. The first kappa shape index (κ1) is 14.5. The van der Waals surface area contributed by atoms with Gasteiger partial charge in [-0.15, -0.1) is 0 Å². The van der Waals surface area contributed by atoms with E-state index in [4.69, 9.17) is 10.00 Å². The van der Waals surface area contributed by atoms with E-state index >= 15 is 0 Å². The number of hydrogen-bond donors (Lipinski definition) is 0. The molecule has 0 radical (unpaired) electrons. The first-order valence-electron chi connectivity index (χ1n) is 4.50. The second kappa shape index (κ2) is 10.0. The average molecular weight is 244 g/mol. The lowest BCUT2D eigenvalue weighted by atomic mass is 10.3. The number of ether oxygens (including phenoxy) is 2.